The summed E-state index contributed by atoms with van der Waals surface area (Å²) < 4.78 is 59.2. The van der Waals surface area contributed by atoms with Gasteiger partial charge >= 0.3 is 0 Å². The highest BCUT2D eigenvalue weighted by Crippen LogP contribution is 2.39. The number of hydrogen-bond donors (Lipinski definition) is 4. The van der Waals surface area contributed by atoms with Crippen molar-refractivity contribution in [3.8, 4) is 0 Å². The highest BCUT2D eigenvalue weighted by atomic mass is 32.2. The first-order valence-electron chi connectivity index (χ1n) is 9.90. The third-order valence-electron chi connectivity index (χ3n) is 4.55. The molecule has 6 N–H and O–H groups in total. The van der Waals surface area contributed by atoms with Crippen LogP contribution in [0.15, 0.2) is 83.8 Å². The van der Waals surface area contributed by atoms with Crippen LogP contribution in [0.25, 0.3) is 0 Å². The van der Waals surface area contributed by atoms with E-state index in [4.69, 9.17) is 16.2 Å². The van der Waals surface area contributed by atoms with E-state index in [1.807, 2.05) is 19.1 Å². The fourth-order valence-electron chi connectivity index (χ4n) is 2.80. The summed E-state index contributed by atoms with van der Waals surface area (Å²) in [6, 6.07) is 11.8. The number of benzene rings is 3. The van der Waals surface area contributed by atoms with Gasteiger partial charge in [-0.2, -0.15) is 13.5 Å². The SMILES string of the molecule is COC=Nc1cc(N=Nc2cc(S(=O)(=O)O)c(N)cc2N)c(S(=O)O)cc1N=Nc1ccc(C)cc1. The molecule has 1 atom stereocenters. The van der Waals surface area contributed by atoms with Crippen molar-refractivity contribution in [3.05, 3.63) is 54.1 Å². The normalized spacial score (nSPS) is 13.1. The van der Waals surface area contributed by atoms with Crippen LogP contribution in [0.5, 0.6) is 0 Å². The van der Waals surface area contributed by atoms with Crippen molar-refractivity contribution in [3.63, 3.8) is 0 Å². The van der Waals surface area contributed by atoms with E-state index in [0.29, 0.717) is 5.69 Å². The van der Waals surface area contributed by atoms with Crippen LogP contribution in [-0.4, -0.2) is 35.2 Å². The summed E-state index contributed by atoms with van der Waals surface area (Å²) in [6.07, 6.45) is 1.12. The summed E-state index contributed by atoms with van der Waals surface area (Å²) in [7, 11) is -3.28. The number of aliphatic imine (C=N–C) groups is 1. The number of nitrogens with two attached hydrogens (primary N) is 2. The van der Waals surface area contributed by atoms with Crippen LogP contribution in [0.4, 0.5) is 39.8 Å². The molecule has 0 saturated carbocycles. The number of rotatable bonds is 8. The number of hydrogen-bond acceptors (Lipinski definition) is 11. The monoisotopic (exact) mass is 531 g/mol. The molecule has 188 valence electrons. The minimum absolute atomic E-state index is 0.0449. The molecule has 36 heavy (non-hydrogen) atoms. The lowest BCUT2D eigenvalue weighted by Crippen LogP contribution is -2.04. The molecule has 15 heteroatoms. The molecule has 0 spiro atoms. The fourth-order valence-corrected chi connectivity index (χ4v) is 3.91. The molecule has 0 aliphatic heterocycles. The van der Waals surface area contributed by atoms with Crippen molar-refractivity contribution in [2.75, 3.05) is 18.6 Å². The van der Waals surface area contributed by atoms with Gasteiger partial charge in [0.15, 0.2) is 17.5 Å². The van der Waals surface area contributed by atoms with Gasteiger partial charge in [0.25, 0.3) is 10.1 Å². The van der Waals surface area contributed by atoms with E-state index in [-0.39, 0.29) is 39.0 Å². The lowest BCUT2D eigenvalue weighted by Gasteiger charge is -2.08. The molecule has 3 aromatic rings. The van der Waals surface area contributed by atoms with E-state index in [1.54, 1.807) is 12.1 Å². The van der Waals surface area contributed by atoms with Gasteiger partial charge in [0.2, 0.25) is 0 Å². The Kier molecular flexibility index (Phi) is 8.21. The van der Waals surface area contributed by atoms with Crippen molar-refractivity contribution in [2.45, 2.75) is 16.7 Å². The zero-order valence-electron chi connectivity index (χ0n) is 18.9. The van der Waals surface area contributed by atoms with Gasteiger partial charge in [0.05, 0.1) is 34.8 Å². The van der Waals surface area contributed by atoms with Crippen LogP contribution in [0.1, 0.15) is 5.56 Å². The molecular weight excluding hydrogens is 510 g/mol. The summed E-state index contributed by atoms with van der Waals surface area (Å²) in [5.41, 5.74) is 12.7. The molecule has 3 aromatic carbocycles. The summed E-state index contributed by atoms with van der Waals surface area (Å²) in [4.78, 5) is 3.31. The van der Waals surface area contributed by atoms with Crippen LogP contribution in [0.3, 0.4) is 0 Å². The van der Waals surface area contributed by atoms with Gasteiger partial charge in [0.1, 0.15) is 22.0 Å². The van der Waals surface area contributed by atoms with E-state index in [0.717, 1.165) is 24.1 Å². The molecule has 0 heterocycles. The van der Waals surface area contributed by atoms with Gasteiger partial charge in [-0.25, -0.2) is 9.20 Å². The second-order valence-electron chi connectivity index (χ2n) is 7.19. The molecule has 0 bridgehead atoms. The number of aryl methyl sites for hydroxylation is 1. The third kappa shape index (κ3) is 6.54. The van der Waals surface area contributed by atoms with Crippen LogP contribution >= 0.6 is 0 Å². The van der Waals surface area contributed by atoms with Crippen molar-refractivity contribution in [1.82, 2.24) is 0 Å². The zero-order chi connectivity index (χ0) is 26.5. The Bertz CT molecular complexity index is 1500. The first kappa shape index (κ1) is 26.6. The highest BCUT2D eigenvalue weighted by molar-refractivity contribution is 7.86. The number of ether oxygens (including phenoxy) is 1. The van der Waals surface area contributed by atoms with Crippen molar-refractivity contribution in [2.24, 2.45) is 25.4 Å². The van der Waals surface area contributed by atoms with E-state index < -0.39 is 26.1 Å². The van der Waals surface area contributed by atoms with Crippen LogP contribution < -0.4 is 11.5 Å². The molecule has 0 aromatic heterocycles. The number of azo groups is 2. The van der Waals surface area contributed by atoms with E-state index in [9.17, 15) is 21.7 Å². The van der Waals surface area contributed by atoms with Gasteiger partial charge in [-0.15, -0.1) is 15.3 Å². The molecule has 0 aliphatic rings. The van der Waals surface area contributed by atoms with Gasteiger partial charge in [-0.05, 0) is 43.3 Å². The lowest BCUT2D eigenvalue weighted by atomic mass is 10.2. The molecule has 0 fully saturated rings. The smallest absolute Gasteiger partial charge is 0.296 e. The number of nitrogen functional groups attached to an aromatic ring is 2. The average molecular weight is 532 g/mol. The maximum atomic E-state index is 12.0. The van der Waals surface area contributed by atoms with Crippen LogP contribution in [-0.2, 0) is 25.9 Å². The Morgan fingerprint density at radius 2 is 1.53 bits per heavy atom. The Labute approximate surface area is 208 Å². The topological polar surface area (TPSA) is 215 Å². The Morgan fingerprint density at radius 1 is 0.889 bits per heavy atom. The molecular formula is C21H21N7O6S2. The van der Waals surface area contributed by atoms with Crippen molar-refractivity contribution in [1.29, 1.82) is 0 Å². The highest BCUT2D eigenvalue weighted by Gasteiger charge is 2.18. The maximum absolute atomic E-state index is 12.0. The minimum Gasteiger partial charge on any atom is -0.486 e. The van der Waals surface area contributed by atoms with Gasteiger partial charge < -0.3 is 20.8 Å². The predicted molar refractivity (Wildman–Crippen MR) is 135 cm³/mol. The largest absolute Gasteiger partial charge is 0.486 e. The third-order valence-corrected chi connectivity index (χ3v) is 6.16. The Balaban J connectivity index is 2.11. The molecule has 0 aliphatic carbocycles. The molecule has 3 rings (SSSR count). The van der Waals surface area contributed by atoms with E-state index in [1.165, 1.54) is 19.2 Å². The first-order chi connectivity index (χ1) is 17.0. The van der Waals surface area contributed by atoms with E-state index in [2.05, 4.69) is 25.4 Å². The molecule has 13 nitrogen and oxygen atoms in total. The molecule has 0 saturated heterocycles. The number of nitrogens with zero attached hydrogens (tertiary/aromatic N) is 5. The van der Waals surface area contributed by atoms with Gasteiger partial charge in [-0.3, -0.25) is 4.55 Å². The standard InChI is InChI=1S/C21H21N7O6S2/c1-12-3-5-13(6-4-12)25-27-18-9-20(35(29)30)19(8-17(18)24-11-34-2)28-26-16-10-21(36(31,32)33)15(23)7-14(16)22/h3-11H,22-23H2,1-2H3,(H,29,30)(H,31,32,33). The van der Waals surface area contributed by atoms with Crippen LogP contribution in [0.2, 0.25) is 0 Å². The average Bonchev–Trinajstić information content (AvgIpc) is 2.81. The molecule has 0 radical (unpaired) electrons. The summed E-state index contributed by atoms with van der Waals surface area (Å²) >= 11 is -2.53. The quantitative estimate of drug-likeness (QED) is 0.0761. The number of methoxy groups -OCH3 is 1. The van der Waals surface area contributed by atoms with Crippen molar-refractivity contribution < 1.29 is 26.5 Å². The first-order valence-corrected chi connectivity index (χ1v) is 12.4. The van der Waals surface area contributed by atoms with E-state index >= 15 is 0 Å². The minimum atomic E-state index is -4.66. The Morgan fingerprint density at radius 3 is 2.14 bits per heavy atom. The predicted octanol–water partition coefficient (Wildman–Crippen LogP) is 5.12. The maximum Gasteiger partial charge on any atom is 0.296 e. The molecule has 1 unspecified atom stereocenters. The zero-order valence-corrected chi connectivity index (χ0v) is 20.6. The van der Waals surface area contributed by atoms with Gasteiger partial charge in [-0.1, -0.05) is 17.7 Å². The van der Waals surface area contributed by atoms with Gasteiger partial charge in [0, 0.05) is 0 Å². The van der Waals surface area contributed by atoms with Crippen LogP contribution in [0, 0.1) is 6.92 Å². The second kappa shape index (κ2) is 11.1. The summed E-state index contributed by atoms with van der Waals surface area (Å²) in [5, 5.41) is 16.1. The van der Waals surface area contributed by atoms with Crippen molar-refractivity contribution >= 4 is 67.4 Å². The number of anilines is 2. The molecule has 0 amide bonds. The summed E-state index contributed by atoms with van der Waals surface area (Å²) in [6.45, 7) is 1.93. The second-order valence-corrected chi connectivity index (χ2v) is 9.52. The lowest BCUT2D eigenvalue weighted by molar-refractivity contribution is 0.423. The fraction of sp³-hybridized carbons (Fsp3) is 0.0952. The summed E-state index contributed by atoms with van der Waals surface area (Å²) in [5.74, 6) is 0. The Hall–Kier alpha value is -4.05.